The van der Waals surface area contributed by atoms with Gasteiger partial charge in [-0.1, -0.05) is 18.2 Å². The van der Waals surface area contributed by atoms with E-state index in [1.54, 1.807) is 18.2 Å². The summed E-state index contributed by atoms with van der Waals surface area (Å²) in [5.41, 5.74) is 6.66. The average Bonchev–Trinajstić information content (AvgIpc) is 3.07. The lowest BCUT2D eigenvalue weighted by molar-refractivity contribution is 0.102. The van der Waals surface area contributed by atoms with E-state index in [9.17, 15) is 9.59 Å². The summed E-state index contributed by atoms with van der Waals surface area (Å²) in [7, 11) is 0. The van der Waals surface area contributed by atoms with Crippen molar-refractivity contribution in [2.75, 3.05) is 11.1 Å². The Hall–Kier alpha value is -2.58. The minimum absolute atomic E-state index is 0. The molecule has 0 aliphatic rings. The van der Waals surface area contributed by atoms with Crippen molar-refractivity contribution < 1.29 is 13.9 Å². The second-order valence-electron chi connectivity index (χ2n) is 4.77. The third kappa shape index (κ3) is 3.50. The van der Waals surface area contributed by atoms with Crippen LogP contribution >= 0.6 is 27.3 Å². The summed E-state index contributed by atoms with van der Waals surface area (Å²) in [5, 5.41) is 2.93. The Balaban J connectivity index is 0.00000225. The number of hydrogen-bond donors (Lipinski definition) is 2. The molecule has 2 heterocycles. The average molecular weight is 409 g/mol. The van der Waals surface area contributed by atoms with Gasteiger partial charge in [0.2, 0.25) is 5.78 Å². The SMILES string of the molecule is Nc1ncc(Br)cc1C(=O)c1ncc(C(=O)Nc2ccccc2)s1.[HH].[HH].[HH]. The second-order valence-corrected chi connectivity index (χ2v) is 6.71. The van der Waals surface area contributed by atoms with Gasteiger partial charge in [-0.2, -0.15) is 0 Å². The van der Waals surface area contributed by atoms with Gasteiger partial charge in [-0.05, 0) is 34.1 Å². The van der Waals surface area contributed by atoms with E-state index in [-0.39, 0.29) is 32.4 Å². The molecule has 0 saturated heterocycles. The molecule has 6 nitrogen and oxygen atoms in total. The molecule has 0 fully saturated rings. The monoisotopic (exact) mass is 408 g/mol. The third-order valence-corrected chi connectivity index (χ3v) is 4.51. The van der Waals surface area contributed by atoms with Crippen molar-refractivity contribution in [1.29, 1.82) is 0 Å². The zero-order valence-electron chi connectivity index (χ0n) is 12.2. The molecule has 0 spiro atoms. The fourth-order valence-corrected chi connectivity index (χ4v) is 3.04. The lowest BCUT2D eigenvalue weighted by Gasteiger charge is -2.02. The van der Waals surface area contributed by atoms with E-state index >= 15 is 0 Å². The minimum atomic E-state index is -0.370. The maximum atomic E-state index is 12.5. The van der Waals surface area contributed by atoms with Crippen LogP contribution in [0, 0.1) is 0 Å². The third-order valence-electron chi connectivity index (χ3n) is 3.09. The summed E-state index contributed by atoms with van der Waals surface area (Å²) in [6.45, 7) is 0. The van der Waals surface area contributed by atoms with E-state index in [1.165, 1.54) is 12.4 Å². The van der Waals surface area contributed by atoms with E-state index < -0.39 is 0 Å². The summed E-state index contributed by atoms with van der Waals surface area (Å²) in [6, 6.07) is 10.6. The zero-order valence-corrected chi connectivity index (χ0v) is 14.6. The molecular formula is C16H17BrN4O2S. The molecule has 24 heavy (non-hydrogen) atoms. The Labute approximate surface area is 154 Å². The number of aromatic nitrogens is 2. The Morgan fingerprint density at radius 1 is 1.17 bits per heavy atom. The molecule has 126 valence electrons. The zero-order chi connectivity index (χ0) is 17.1. The molecular weight excluding hydrogens is 392 g/mol. The number of anilines is 2. The molecule has 0 saturated carbocycles. The summed E-state index contributed by atoms with van der Waals surface area (Å²) in [6.07, 6.45) is 2.88. The number of hydrogen-bond acceptors (Lipinski definition) is 6. The van der Waals surface area contributed by atoms with Crippen molar-refractivity contribution in [1.82, 2.24) is 9.97 Å². The number of carbonyl (C=O) groups is 2. The number of amides is 1. The smallest absolute Gasteiger partial charge is 0.267 e. The van der Waals surface area contributed by atoms with Gasteiger partial charge in [0.05, 0.1) is 11.8 Å². The van der Waals surface area contributed by atoms with Gasteiger partial charge < -0.3 is 11.1 Å². The van der Waals surface area contributed by atoms with Crippen LogP contribution in [-0.4, -0.2) is 21.7 Å². The number of nitrogens with two attached hydrogens (primary N) is 1. The Morgan fingerprint density at radius 3 is 2.67 bits per heavy atom. The van der Waals surface area contributed by atoms with Gasteiger partial charge in [-0.25, -0.2) is 9.97 Å². The molecule has 8 heteroatoms. The first-order valence-electron chi connectivity index (χ1n) is 6.82. The molecule has 3 aromatic rings. The fraction of sp³-hybridized carbons (Fsp3) is 0. The number of benzene rings is 1. The summed E-state index contributed by atoms with van der Waals surface area (Å²) in [5.74, 6) is -0.572. The van der Waals surface area contributed by atoms with Gasteiger partial charge in [0.1, 0.15) is 10.7 Å². The van der Waals surface area contributed by atoms with Crippen LogP contribution in [0.25, 0.3) is 0 Å². The minimum Gasteiger partial charge on any atom is -0.383 e. The van der Waals surface area contributed by atoms with Gasteiger partial charge in [-0.3, -0.25) is 9.59 Å². The van der Waals surface area contributed by atoms with Crippen LogP contribution in [0.3, 0.4) is 0 Å². The molecule has 2 aromatic heterocycles. The molecule has 0 aliphatic carbocycles. The van der Waals surface area contributed by atoms with Crippen molar-refractivity contribution >= 4 is 50.5 Å². The van der Waals surface area contributed by atoms with E-state index in [2.05, 4.69) is 31.2 Å². The van der Waals surface area contributed by atoms with Gasteiger partial charge in [-0.15, -0.1) is 11.3 Å². The first kappa shape index (κ1) is 16.3. The highest BCUT2D eigenvalue weighted by molar-refractivity contribution is 9.10. The second kappa shape index (κ2) is 6.90. The Kier molecular flexibility index (Phi) is 4.68. The molecule has 0 bridgehead atoms. The van der Waals surface area contributed by atoms with E-state index in [0.29, 0.717) is 15.0 Å². The van der Waals surface area contributed by atoms with E-state index in [4.69, 9.17) is 5.73 Å². The van der Waals surface area contributed by atoms with Crippen molar-refractivity contribution in [2.24, 2.45) is 0 Å². The number of ketones is 1. The molecule has 0 aliphatic heterocycles. The lowest BCUT2D eigenvalue weighted by Crippen LogP contribution is -2.09. The van der Waals surface area contributed by atoms with Crippen LogP contribution in [0.4, 0.5) is 11.5 Å². The van der Waals surface area contributed by atoms with Crippen LogP contribution < -0.4 is 11.1 Å². The highest BCUT2D eigenvalue weighted by Crippen LogP contribution is 2.22. The first-order valence-corrected chi connectivity index (χ1v) is 8.43. The van der Waals surface area contributed by atoms with Crippen LogP contribution in [0.2, 0.25) is 0 Å². The molecule has 0 atom stereocenters. The largest absolute Gasteiger partial charge is 0.383 e. The number of pyridine rings is 1. The Bertz CT molecular complexity index is 925. The molecule has 3 N–H and O–H groups in total. The number of nitrogen functional groups attached to an aromatic ring is 1. The van der Waals surface area contributed by atoms with E-state index in [1.807, 2.05) is 18.2 Å². The van der Waals surface area contributed by atoms with Crippen LogP contribution in [0.1, 0.15) is 29.3 Å². The summed E-state index contributed by atoms with van der Waals surface area (Å²) in [4.78, 5) is 33.0. The predicted octanol–water partition coefficient (Wildman–Crippen LogP) is 4.10. The number of para-hydroxylation sites is 1. The number of rotatable bonds is 4. The predicted molar refractivity (Wildman–Crippen MR) is 103 cm³/mol. The molecule has 3 rings (SSSR count). The van der Waals surface area contributed by atoms with Crippen LogP contribution in [0.5, 0.6) is 0 Å². The maximum absolute atomic E-state index is 12.5. The van der Waals surface area contributed by atoms with E-state index in [0.717, 1.165) is 11.3 Å². The highest BCUT2D eigenvalue weighted by Gasteiger charge is 2.19. The number of halogens is 1. The Morgan fingerprint density at radius 2 is 1.92 bits per heavy atom. The molecule has 0 unspecified atom stereocenters. The number of nitrogens with one attached hydrogen (secondary N) is 1. The van der Waals surface area contributed by atoms with Crippen molar-refractivity contribution in [3.63, 3.8) is 0 Å². The van der Waals surface area contributed by atoms with Crippen molar-refractivity contribution in [3.8, 4) is 0 Å². The highest BCUT2D eigenvalue weighted by atomic mass is 79.9. The van der Waals surface area contributed by atoms with Crippen molar-refractivity contribution in [2.45, 2.75) is 0 Å². The van der Waals surface area contributed by atoms with Gasteiger partial charge >= 0.3 is 0 Å². The lowest BCUT2D eigenvalue weighted by atomic mass is 10.2. The molecule has 0 radical (unpaired) electrons. The van der Waals surface area contributed by atoms with Crippen LogP contribution in [-0.2, 0) is 0 Å². The number of nitrogens with zero attached hydrogens (tertiary/aromatic N) is 2. The summed E-state index contributed by atoms with van der Waals surface area (Å²) >= 11 is 4.26. The molecule has 1 amide bonds. The molecule has 1 aromatic carbocycles. The summed E-state index contributed by atoms with van der Waals surface area (Å²) < 4.78 is 0.638. The van der Waals surface area contributed by atoms with Gasteiger partial charge in [0, 0.05) is 20.6 Å². The number of thiazole rings is 1. The maximum Gasteiger partial charge on any atom is 0.267 e. The van der Waals surface area contributed by atoms with Gasteiger partial charge in [0.25, 0.3) is 5.91 Å². The van der Waals surface area contributed by atoms with Gasteiger partial charge in [0.15, 0.2) is 5.01 Å². The topological polar surface area (TPSA) is 98.0 Å². The van der Waals surface area contributed by atoms with Crippen molar-refractivity contribution in [3.05, 3.63) is 68.7 Å². The van der Waals surface area contributed by atoms with Crippen LogP contribution in [0.15, 0.2) is 53.3 Å². The fourth-order valence-electron chi connectivity index (χ4n) is 1.95. The number of carbonyl (C=O) groups excluding carboxylic acids is 2. The standard InChI is InChI=1S/C16H11BrN4O2S.3H2/c17-9-6-11(14(18)19-7-9)13(22)16-20-8-12(24-16)15(23)21-10-4-2-1-3-5-10;;;/h1-8H,(H2,18,19)(H,21,23);3*1H. The normalized spacial score (nSPS) is 10.4. The first-order chi connectivity index (χ1) is 11.5. The quantitative estimate of drug-likeness (QED) is 0.632.